The molecule has 3 heterocycles. The summed E-state index contributed by atoms with van der Waals surface area (Å²) >= 11 is 0. The molecular formula is C19H27N5. The maximum absolute atomic E-state index is 4.72. The van der Waals surface area contributed by atoms with Gasteiger partial charge in [0.15, 0.2) is 0 Å². The molecule has 0 bridgehead atoms. The van der Waals surface area contributed by atoms with Crippen molar-refractivity contribution >= 4 is 5.82 Å². The Hall–Kier alpha value is -1.88. The van der Waals surface area contributed by atoms with Gasteiger partial charge in [-0.1, -0.05) is 0 Å². The highest BCUT2D eigenvalue weighted by Gasteiger charge is 2.29. The molecule has 4 rings (SSSR count). The molecule has 1 fully saturated rings. The first kappa shape index (κ1) is 15.6. The van der Waals surface area contributed by atoms with Crippen LogP contribution in [0, 0.1) is 0 Å². The Kier molecular flexibility index (Phi) is 4.04. The van der Waals surface area contributed by atoms with Crippen LogP contribution in [0.5, 0.6) is 0 Å². The molecule has 2 aromatic rings. The lowest BCUT2D eigenvalue weighted by Crippen LogP contribution is -2.31. The zero-order chi connectivity index (χ0) is 16.7. The zero-order valence-electron chi connectivity index (χ0n) is 14.9. The van der Waals surface area contributed by atoms with Crippen LogP contribution in [-0.2, 0) is 7.05 Å². The molecule has 0 aromatic carbocycles. The Bertz CT molecular complexity index is 712. The van der Waals surface area contributed by atoms with Crippen molar-refractivity contribution in [3.8, 4) is 0 Å². The van der Waals surface area contributed by atoms with Crippen molar-refractivity contribution in [2.75, 3.05) is 26.0 Å². The normalized spacial score (nSPS) is 26.4. The van der Waals surface area contributed by atoms with Crippen LogP contribution >= 0.6 is 0 Å². The third kappa shape index (κ3) is 2.81. The maximum Gasteiger partial charge on any atom is 0.129 e. The average molecular weight is 325 g/mol. The van der Waals surface area contributed by atoms with E-state index in [2.05, 4.69) is 47.9 Å². The van der Waals surface area contributed by atoms with Crippen LogP contribution < -0.4 is 5.32 Å². The third-order valence-electron chi connectivity index (χ3n) is 5.81. The molecule has 1 aliphatic heterocycles. The molecular weight excluding hydrogens is 298 g/mol. The smallest absolute Gasteiger partial charge is 0.129 e. The number of fused-ring (bicyclic) bond motifs is 1. The van der Waals surface area contributed by atoms with Gasteiger partial charge in [-0.2, -0.15) is 5.10 Å². The predicted molar refractivity (Wildman–Crippen MR) is 96.5 cm³/mol. The summed E-state index contributed by atoms with van der Waals surface area (Å²) < 4.78 is 1.88. The number of nitrogens with zero attached hydrogens (tertiary/aromatic N) is 4. The van der Waals surface area contributed by atoms with E-state index in [1.54, 1.807) is 0 Å². The van der Waals surface area contributed by atoms with Gasteiger partial charge in [-0.15, -0.1) is 0 Å². The van der Waals surface area contributed by atoms with E-state index in [0.717, 1.165) is 18.4 Å². The van der Waals surface area contributed by atoms with Gasteiger partial charge in [0.1, 0.15) is 5.82 Å². The molecule has 2 aliphatic rings. The lowest BCUT2D eigenvalue weighted by molar-refractivity contribution is 0.216. The van der Waals surface area contributed by atoms with Gasteiger partial charge in [0.05, 0.1) is 6.20 Å². The highest BCUT2D eigenvalue weighted by atomic mass is 15.2. The third-order valence-corrected chi connectivity index (χ3v) is 5.81. The zero-order valence-corrected chi connectivity index (χ0v) is 14.9. The summed E-state index contributed by atoms with van der Waals surface area (Å²) in [5.74, 6) is 2.09. The van der Waals surface area contributed by atoms with E-state index in [4.69, 9.17) is 4.98 Å². The number of pyridine rings is 1. The van der Waals surface area contributed by atoms with Crippen molar-refractivity contribution in [3.05, 3.63) is 41.3 Å². The van der Waals surface area contributed by atoms with Crippen molar-refractivity contribution in [1.29, 1.82) is 0 Å². The molecule has 2 aromatic heterocycles. The standard InChI is InChI=1S/C19H27N5/c1-23(2)16-6-4-13(5-7-16)14-8-17-18(11-21-19(17)20-9-14)15-10-22-24(3)12-15/h8-10,12-13,16,18H,4-7,11H2,1-3H3,(H,20,21). The molecule has 1 aliphatic carbocycles. The van der Waals surface area contributed by atoms with Crippen molar-refractivity contribution < 1.29 is 0 Å². The number of aromatic nitrogens is 3. The fourth-order valence-electron chi connectivity index (χ4n) is 4.29. The summed E-state index contributed by atoms with van der Waals surface area (Å²) in [7, 11) is 6.38. The SMILES string of the molecule is CN(C)C1CCC(c2cnc3c(c2)C(c2cnn(C)c2)CN3)CC1. The molecule has 1 unspecified atom stereocenters. The average Bonchev–Trinajstić information content (AvgIpc) is 3.20. The molecule has 24 heavy (non-hydrogen) atoms. The number of nitrogens with one attached hydrogen (secondary N) is 1. The molecule has 5 nitrogen and oxygen atoms in total. The van der Waals surface area contributed by atoms with E-state index in [9.17, 15) is 0 Å². The molecule has 0 amide bonds. The highest BCUT2D eigenvalue weighted by Crippen LogP contribution is 2.39. The van der Waals surface area contributed by atoms with Gasteiger partial charge in [-0.05, 0) is 62.9 Å². The Morgan fingerprint density at radius 3 is 2.58 bits per heavy atom. The lowest BCUT2D eigenvalue weighted by Gasteiger charge is -2.32. The topological polar surface area (TPSA) is 46.0 Å². The fraction of sp³-hybridized carbons (Fsp3) is 0.579. The number of aryl methyl sites for hydroxylation is 1. The van der Waals surface area contributed by atoms with Gasteiger partial charge < -0.3 is 10.2 Å². The predicted octanol–water partition coefficient (Wildman–Crippen LogP) is 2.96. The van der Waals surface area contributed by atoms with E-state index < -0.39 is 0 Å². The second kappa shape index (κ2) is 6.20. The minimum Gasteiger partial charge on any atom is -0.369 e. The largest absolute Gasteiger partial charge is 0.369 e. The van der Waals surface area contributed by atoms with Crippen LogP contribution in [0.25, 0.3) is 0 Å². The van der Waals surface area contributed by atoms with E-state index in [0.29, 0.717) is 11.8 Å². The summed E-state index contributed by atoms with van der Waals surface area (Å²) in [6, 6.07) is 3.15. The summed E-state index contributed by atoms with van der Waals surface area (Å²) in [4.78, 5) is 7.10. The summed E-state index contributed by atoms with van der Waals surface area (Å²) in [6.07, 6.45) is 11.3. The second-order valence-corrected chi connectivity index (χ2v) is 7.56. The number of anilines is 1. The first-order valence-corrected chi connectivity index (χ1v) is 9.00. The molecule has 128 valence electrons. The highest BCUT2D eigenvalue weighted by molar-refractivity contribution is 5.56. The minimum atomic E-state index is 0.374. The van der Waals surface area contributed by atoms with E-state index >= 15 is 0 Å². The van der Waals surface area contributed by atoms with Crippen LogP contribution in [0.15, 0.2) is 24.7 Å². The molecule has 0 spiro atoms. The summed E-state index contributed by atoms with van der Waals surface area (Å²) in [6.45, 7) is 0.921. The maximum atomic E-state index is 4.72. The van der Waals surface area contributed by atoms with Crippen LogP contribution in [-0.4, -0.2) is 46.3 Å². The lowest BCUT2D eigenvalue weighted by atomic mass is 9.81. The van der Waals surface area contributed by atoms with Gasteiger partial charge in [0, 0.05) is 43.5 Å². The number of rotatable bonds is 3. The van der Waals surface area contributed by atoms with Crippen molar-refractivity contribution in [2.24, 2.45) is 7.05 Å². The Morgan fingerprint density at radius 2 is 1.92 bits per heavy atom. The van der Waals surface area contributed by atoms with Gasteiger partial charge in [-0.25, -0.2) is 4.98 Å². The second-order valence-electron chi connectivity index (χ2n) is 7.56. The quantitative estimate of drug-likeness (QED) is 0.942. The van der Waals surface area contributed by atoms with Gasteiger partial charge >= 0.3 is 0 Å². The molecule has 1 N–H and O–H groups in total. The fourth-order valence-corrected chi connectivity index (χ4v) is 4.29. The number of hydrogen-bond acceptors (Lipinski definition) is 4. The van der Waals surface area contributed by atoms with Crippen LogP contribution in [0.4, 0.5) is 5.82 Å². The van der Waals surface area contributed by atoms with Crippen molar-refractivity contribution in [2.45, 2.75) is 43.6 Å². The first-order valence-electron chi connectivity index (χ1n) is 9.00. The van der Waals surface area contributed by atoms with Gasteiger partial charge in [0.25, 0.3) is 0 Å². The number of hydrogen-bond donors (Lipinski definition) is 1. The molecule has 5 heteroatoms. The monoisotopic (exact) mass is 325 g/mol. The molecule has 1 saturated carbocycles. The molecule has 0 saturated heterocycles. The molecule has 0 radical (unpaired) electrons. The van der Waals surface area contributed by atoms with Gasteiger partial charge in [-0.3, -0.25) is 4.68 Å². The first-order chi connectivity index (χ1) is 11.6. The summed E-state index contributed by atoms with van der Waals surface area (Å²) in [5, 5.41) is 7.79. The Morgan fingerprint density at radius 1 is 1.12 bits per heavy atom. The van der Waals surface area contributed by atoms with Crippen molar-refractivity contribution in [3.63, 3.8) is 0 Å². The minimum absolute atomic E-state index is 0.374. The van der Waals surface area contributed by atoms with Crippen LogP contribution in [0.2, 0.25) is 0 Å². The van der Waals surface area contributed by atoms with E-state index in [-0.39, 0.29) is 0 Å². The van der Waals surface area contributed by atoms with E-state index in [1.165, 1.54) is 42.4 Å². The Balaban J connectivity index is 1.55. The Labute approximate surface area is 144 Å². The summed E-state index contributed by atoms with van der Waals surface area (Å²) in [5.41, 5.74) is 4.04. The van der Waals surface area contributed by atoms with Crippen molar-refractivity contribution in [1.82, 2.24) is 19.7 Å². The molecule has 1 atom stereocenters. The van der Waals surface area contributed by atoms with Crippen LogP contribution in [0.1, 0.15) is 54.2 Å². The van der Waals surface area contributed by atoms with E-state index in [1.807, 2.05) is 17.9 Å². The van der Waals surface area contributed by atoms with Crippen LogP contribution in [0.3, 0.4) is 0 Å². The van der Waals surface area contributed by atoms with Gasteiger partial charge in [0.2, 0.25) is 0 Å².